The van der Waals surface area contributed by atoms with Gasteiger partial charge in [0, 0.05) is 17.3 Å². The Morgan fingerprint density at radius 1 is 1.14 bits per heavy atom. The minimum atomic E-state index is -4.78. The molecule has 0 radical (unpaired) electrons. The highest BCUT2D eigenvalue weighted by Gasteiger charge is 2.36. The fraction of sp³-hybridized carbons (Fsp3) is 0.538. The summed E-state index contributed by atoms with van der Waals surface area (Å²) >= 11 is 17.9. The molecule has 0 unspecified atom stereocenters. The third kappa shape index (κ3) is 4.47. The topological polar surface area (TPSA) is 18.5 Å². The maximum absolute atomic E-state index is 12.3. The van der Waals surface area contributed by atoms with Gasteiger partial charge < -0.3 is 9.47 Å². The van der Waals surface area contributed by atoms with Crippen molar-refractivity contribution in [3.63, 3.8) is 0 Å². The van der Waals surface area contributed by atoms with Crippen molar-refractivity contribution in [1.29, 1.82) is 0 Å². The highest BCUT2D eigenvalue weighted by Crippen LogP contribution is 2.42. The first kappa shape index (κ1) is 16.8. The van der Waals surface area contributed by atoms with Crippen LogP contribution < -0.4 is 9.47 Å². The highest BCUT2D eigenvalue weighted by atomic mass is 35.5. The Labute approximate surface area is 135 Å². The van der Waals surface area contributed by atoms with Crippen molar-refractivity contribution in [2.45, 2.75) is 30.2 Å². The van der Waals surface area contributed by atoms with E-state index in [1.54, 1.807) is 0 Å². The van der Waals surface area contributed by atoms with Gasteiger partial charge >= 0.3 is 6.36 Å². The first-order valence-electron chi connectivity index (χ1n) is 6.15. The molecule has 8 heteroatoms. The van der Waals surface area contributed by atoms with Crippen LogP contribution in [0.1, 0.15) is 18.4 Å². The molecule has 21 heavy (non-hydrogen) atoms. The lowest BCUT2D eigenvalue weighted by atomic mass is 10.0. The Balaban J connectivity index is 2.37. The molecule has 1 aliphatic carbocycles. The van der Waals surface area contributed by atoms with Crippen molar-refractivity contribution in [1.82, 2.24) is 0 Å². The number of halogens is 6. The molecule has 0 spiro atoms. The minimum Gasteiger partial charge on any atom is -0.490 e. The SMILES string of the molecule is FC(F)(F)Oc1ccc(OC2CC2)c(C(Cl)(CCl)CCl)c1. The van der Waals surface area contributed by atoms with Crippen molar-refractivity contribution in [3.05, 3.63) is 23.8 Å². The van der Waals surface area contributed by atoms with E-state index in [4.69, 9.17) is 39.5 Å². The van der Waals surface area contributed by atoms with Gasteiger partial charge in [-0.1, -0.05) is 0 Å². The van der Waals surface area contributed by atoms with Gasteiger partial charge in [0.2, 0.25) is 0 Å². The predicted octanol–water partition coefficient (Wildman–Crippen LogP) is 5.04. The summed E-state index contributed by atoms with van der Waals surface area (Å²) in [6.07, 6.45) is -2.92. The van der Waals surface area contributed by atoms with Gasteiger partial charge in [-0.25, -0.2) is 0 Å². The summed E-state index contributed by atoms with van der Waals surface area (Å²) in [6.45, 7) is 0. The van der Waals surface area contributed by atoms with Crippen molar-refractivity contribution >= 4 is 34.8 Å². The van der Waals surface area contributed by atoms with E-state index in [-0.39, 0.29) is 23.6 Å². The number of hydrogen-bond acceptors (Lipinski definition) is 2. The fourth-order valence-corrected chi connectivity index (χ4v) is 2.43. The molecular weight excluding hydrogens is 351 g/mol. The number of alkyl halides is 6. The predicted molar refractivity (Wildman–Crippen MR) is 75.7 cm³/mol. The number of ether oxygens (including phenoxy) is 2. The van der Waals surface area contributed by atoms with E-state index in [0.29, 0.717) is 11.3 Å². The number of hydrogen-bond donors (Lipinski definition) is 0. The summed E-state index contributed by atoms with van der Waals surface area (Å²) in [6, 6.07) is 3.74. The zero-order chi connectivity index (χ0) is 15.7. The van der Waals surface area contributed by atoms with Gasteiger partial charge in [-0.2, -0.15) is 0 Å². The Bertz CT molecular complexity index is 500. The van der Waals surface area contributed by atoms with Gasteiger partial charge in [-0.05, 0) is 31.0 Å². The summed E-state index contributed by atoms with van der Waals surface area (Å²) in [5.41, 5.74) is 0.294. The lowest BCUT2D eigenvalue weighted by Crippen LogP contribution is -2.25. The monoisotopic (exact) mass is 362 g/mol. The van der Waals surface area contributed by atoms with Gasteiger partial charge in [0.1, 0.15) is 16.4 Å². The molecule has 1 fully saturated rings. The Kier molecular flexibility index (Phi) is 5.06. The summed E-state index contributed by atoms with van der Waals surface area (Å²) in [4.78, 5) is -1.22. The third-order valence-corrected chi connectivity index (χ3v) is 4.57. The second kappa shape index (κ2) is 6.31. The molecule has 1 aromatic rings. The molecule has 1 saturated carbocycles. The highest BCUT2D eigenvalue weighted by molar-refractivity contribution is 6.35. The lowest BCUT2D eigenvalue weighted by molar-refractivity contribution is -0.274. The lowest BCUT2D eigenvalue weighted by Gasteiger charge is -2.25. The van der Waals surface area contributed by atoms with E-state index in [0.717, 1.165) is 12.8 Å². The van der Waals surface area contributed by atoms with E-state index in [1.807, 2.05) is 0 Å². The molecule has 0 N–H and O–H groups in total. The van der Waals surface area contributed by atoms with Crippen LogP contribution in [0.15, 0.2) is 18.2 Å². The molecule has 0 amide bonds. The van der Waals surface area contributed by atoms with Gasteiger partial charge in [-0.3, -0.25) is 0 Å². The second-order valence-electron chi connectivity index (χ2n) is 4.76. The van der Waals surface area contributed by atoms with Crippen LogP contribution in [-0.2, 0) is 4.87 Å². The second-order valence-corrected chi connectivity index (χ2v) is 6.01. The molecule has 0 aromatic heterocycles. The molecule has 118 valence electrons. The van der Waals surface area contributed by atoms with E-state index in [1.165, 1.54) is 18.2 Å². The van der Waals surface area contributed by atoms with Crippen LogP contribution in [0, 0.1) is 0 Å². The van der Waals surface area contributed by atoms with Crippen LogP contribution in [0.2, 0.25) is 0 Å². The summed E-state index contributed by atoms with van der Waals surface area (Å²) in [5, 5.41) is 0. The molecule has 2 nitrogen and oxygen atoms in total. The summed E-state index contributed by atoms with van der Waals surface area (Å²) in [5.74, 6) is -0.160. The standard InChI is InChI=1S/C13H12Cl3F3O2/c14-6-12(16,7-15)10-5-9(21-13(17,18)19)3-4-11(10)20-8-1-2-8/h3-5,8H,1-2,6-7H2. The zero-order valence-electron chi connectivity index (χ0n) is 10.7. The largest absolute Gasteiger partial charge is 0.573 e. The van der Waals surface area contributed by atoms with E-state index >= 15 is 0 Å². The first-order chi connectivity index (χ1) is 9.77. The molecular formula is C13H12Cl3F3O2. The van der Waals surface area contributed by atoms with E-state index < -0.39 is 11.2 Å². The quantitative estimate of drug-likeness (QED) is 0.659. The Morgan fingerprint density at radius 3 is 2.24 bits per heavy atom. The molecule has 0 aliphatic heterocycles. The average molecular weight is 364 g/mol. The first-order valence-corrected chi connectivity index (χ1v) is 7.60. The van der Waals surface area contributed by atoms with Gasteiger partial charge in [0.15, 0.2) is 0 Å². The van der Waals surface area contributed by atoms with Crippen LogP contribution in [0.25, 0.3) is 0 Å². The molecule has 2 rings (SSSR count). The van der Waals surface area contributed by atoms with Crippen molar-refractivity contribution in [3.8, 4) is 11.5 Å². The Morgan fingerprint density at radius 2 is 1.76 bits per heavy atom. The molecule has 0 atom stereocenters. The van der Waals surface area contributed by atoms with E-state index in [2.05, 4.69) is 4.74 Å². The molecule has 1 aliphatic rings. The van der Waals surface area contributed by atoms with Crippen molar-refractivity contribution < 1.29 is 22.6 Å². The molecule has 0 heterocycles. The maximum Gasteiger partial charge on any atom is 0.573 e. The molecule has 1 aromatic carbocycles. The fourth-order valence-electron chi connectivity index (χ4n) is 1.70. The third-order valence-electron chi connectivity index (χ3n) is 2.91. The summed E-state index contributed by atoms with van der Waals surface area (Å²) in [7, 11) is 0. The van der Waals surface area contributed by atoms with E-state index in [9.17, 15) is 13.2 Å². The normalized spacial score (nSPS) is 15.9. The average Bonchev–Trinajstić information content (AvgIpc) is 3.22. The summed E-state index contributed by atoms with van der Waals surface area (Å²) < 4.78 is 46.5. The van der Waals surface area contributed by atoms with Crippen molar-refractivity contribution in [2.75, 3.05) is 11.8 Å². The van der Waals surface area contributed by atoms with Gasteiger partial charge in [0.25, 0.3) is 0 Å². The molecule has 0 saturated heterocycles. The number of rotatable bonds is 6. The Hall–Kier alpha value is -0.520. The van der Waals surface area contributed by atoms with Gasteiger partial charge in [-0.15, -0.1) is 48.0 Å². The van der Waals surface area contributed by atoms with Crippen LogP contribution >= 0.6 is 34.8 Å². The van der Waals surface area contributed by atoms with Crippen molar-refractivity contribution in [2.24, 2.45) is 0 Å². The minimum absolute atomic E-state index is 0.0599. The van der Waals surface area contributed by atoms with Gasteiger partial charge in [0.05, 0.1) is 6.10 Å². The van der Waals surface area contributed by atoms with Crippen LogP contribution in [0.3, 0.4) is 0 Å². The number of benzene rings is 1. The van der Waals surface area contributed by atoms with Crippen LogP contribution in [-0.4, -0.2) is 24.2 Å². The van der Waals surface area contributed by atoms with Crippen LogP contribution in [0.4, 0.5) is 13.2 Å². The maximum atomic E-state index is 12.3. The van der Waals surface area contributed by atoms with Crippen LogP contribution in [0.5, 0.6) is 11.5 Å². The smallest absolute Gasteiger partial charge is 0.490 e. The zero-order valence-corrected chi connectivity index (χ0v) is 13.0. The molecule has 0 bridgehead atoms.